The topological polar surface area (TPSA) is 47.0 Å². The normalized spacial score (nSPS) is 41.6. The van der Waals surface area contributed by atoms with Crippen LogP contribution >= 0.6 is 0 Å². The number of rotatable bonds is 2. The summed E-state index contributed by atoms with van der Waals surface area (Å²) < 4.78 is 0. The molecule has 0 radical (unpaired) electrons. The molecule has 0 amide bonds. The van der Waals surface area contributed by atoms with Crippen molar-refractivity contribution in [2.24, 2.45) is 0 Å². The van der Waals surface area contributed by atoms with Gasteiger partial charge in [-0.3, -0.25) is 9.69 Å². The van der Waals surface area contributed by atoms with Crippen molar-refractivity contribution >= 4 is 5.97 Å². The number of carbonyl (C=O) groups is 1. The molecule has 0 saturated carbocycles. The van der Waals surface area contributed by atoms with Gasteiger partial charge in [-0.15, -0.1) is 0 Å². The van der Waals surface area contributed by atoms with Crippen LogP contribution in [0.1, 0.15) is 25.7 Å². The van der Waals surface area contributed by atoms with E-state index in [2.05, 4.69) is 28.8 Å². The third-order valence-electron chi connectivity index (χ3n) is 5.64. The first-order chi connectivity index (χ1) is 9.03. The van der Waals surface area contributed by atoms with Crippen molar-refractivity contribution in [3.8, 4) is 0 Å². The van der Waals surface area contributed by atoms with Gasteiger partial charge >= 0.3 is 5.97 Å². The third kappa shape index (κ3) is 2.08. The van der Waals surface area contributed by atoms with Crippen molar-refractivity contribution in [3.05, 3.63) is 0 Å². The molecule has 108 valence electrons. The fourth-order valence-corrected chi connectivity index (χ4v) is 4.25. The Balaban J connectivity index is 1.83. The molecule has 3 heterocycles. The summed E-state index contributed by atoms with van der Waals surface area (Å²) in [7, 11) is 4.28. The van der Waals surface area contributed by atoms with Gasteiger partial charge in [-0.25, -0.2) is 0 Å². The highest BCUT2D eigenvalue weighted by atomic mass is 16.4. The van der Waals surface area contributed by atoms with Crippen LogP contribution in [-0.4, -0.2) is 83.7 Å². The largest absolute Gasteiger partial charge is 0.480 e. The van der Waals surface area contributed by atoms with Crippen molar-refractivity contribution in [2.45, 2.75) is 43.3 Å². The molecule has 3 saturated heterocycles. The number of nitrogens with zero attached hydrogens (tertiary/aromatic N) is 3. The van der Waals surface area contributed by atoms with Crippen molar-refractivity contribution in [2.75, 3.05) is 40.3 Å². The summed E-state index contributed by atoms with van der Waals surface area (Å²) in [5.41, 5.74) is -0.598. The summed E-state index contributed by atoms with van der Waals surface area (Å²) in [5.74, 6) is -0.595. The van der Waals surface area contributed by atoms with E-state index >= 15 is 0 Å². The average molecular weight is 267 g/mol. The van der Waals surface area contributed by atoms with Crippen molar-refractivity contribution < 1.29 is 9.90 Å². The first-order valence-corrected chi connectivity index (χ1v) is 7.42. The molecule has 19 heavy (non-hydrogen) atoms. The summed E-state index contributed by atoms with van der Waals surface area (Å²) in [5, 5.41) is 9.88. The summed E-state index contributed by atoms with van der Waals surface area (Å²) >= 11 is 0. The Morgan fingerprint density at radius 1 is 1.05 bits per heavy atom. The van der Waals surface area contributed by atoms with Gasteiger partial charge in [0.15, 0.2) is 0 Å². The number of hydrogen-bond donors (Lipinski definition) is 1. The van der Waals surface area contributed by atoms with E-state index in [1.807, 2.05) is 0 Å². The molecule has 5 heteroatoms. The zero-order valence-corrected chi connectivity index (χ0v) is 12.0. The summed E-state index contributed by atoms with van der Waals surface area (Å²) in [6.07, 6.45) is 3.95. The number of piperazine rings is 1. The Morgan fingerprint density at radius 2 is 1.58 bits per heavy atom. The Bertz CT molecular complexity index is 352. The van der Waals surface area contributed by atoms with Gasteiger partial charge in [0.05, 0.1) is 0 Å². The first-order valence-electron chi connectivity index (χ1n) is 7.42. The lowest BCUT2D eigenvalue weighted by molar-refractivity contribution is -0.159. The van der Waals surface area contributed by atoms with Gasteiger partial charge in [-0.1, -0.05) is 0 Å². The van der Waals surface area contributed by atoms with Gasteiger partial charge in [0, 0.05) is 38.3 Å². The highest BCUT2D eigenvalue weighted by Crippen LogP contribution is 2.43. The first kappa shape index (κ1) is 13.3. The molecule has 2 unspecified atom stereocenters. The quantitative estimate of drug-likeness (QED) is 0.780. The Kier molecular flexibility index (Phi) is 3.31. The number of aliphatic carboxylic acids is 1. The fraction of sp³-hybridized carbons (Fsp3) is 0.929. The van der Waals surface area contributed by atoms with E-state index < -0.39 is 11.5 Å². The van der Waals surface area contributed by atoms with E-state index in [-0.39, 0.29) is 0 Å². The number of carboxylic acids is 1. The Morgan fingerprint density at radius 3 is 2.05 bits per heavy atom. The molecular weight excluding hydrogens is 242 g/mol. The summed E-state index contributed by atoms with van der Waals surface area (Å²) in [6.45, 7) is 3.76. The van der Waals surface area contributed by atoms with Crippen molar-refractivity contribution in [1.29, 1.82) is 0 Å². The number of carboxylic acid groups (broad SMARTS) is 1. The zero-order chi connectivity index (χ0) is 13.6. The van der Waals surface area contributed by atoms with Crippen molar-refractivity contribution in [1.82, 2.24) is 14.7 Å². The number of piperidine rings is 1. The minimum atomic E-state index is -0.598. The van der Waals surface area contributed by atoms with Gasteiger partial charge < -0.3 is 14.9 Å². The molecule has 0 aliphatic carbocycles. The maximum Gasteiger partial charge on any atom is 0.324 e. The van der Waals surface area contributed by atoms with Crippen LogP contribution in [0.2, 0.25) is 0 Å². The van der Waals surface area contributed by atoms with Crippen LogP contribution in [-0.2, 0) is 4.79 Å². The molecular formula is C14H25N3O2. The van der Waals surface area contributed by atoms with Gasteiger partial charge in [-0.05, 0) is 39.8 Å². The van der Waals surface area contributed by atoms with E-state index in [1.165, 1.54) is 12.8 Å². The molecule has 3 fully saturated rings. The molecule has 3 aliphatic heterocycles. The monoisotopic (exact) mass is 267 g/mol. The zero-order valence-electron chi connectivity index (χ0n) is 12.0. The maximum absolute atomic E-state index is 12.0. The SMILES string of the molecule is CN1CCN(C2(C(=O)O)CC3CCC(C2)N3C)CC1. The molecule has 0 spiro atoms. The number of fused-ring (bicyclic) bond motifs is 2. The molecule has 0 aromatic carbocycles. The minimum Gasteiger partial charge on any atom is -0.480 e. The van der Waals surface area contributed by atoms with E-state index in [0.29, 0.717) is 12.1 Å². The summed E-state index contributed by atoms with van der Waals surface area (Å²) in [6, 6.07) is 0.934. The third-order valence-corrected chi connectivity index (χ3v) is 5.64. The van der Waals surface area contributed by atoms with Crippen LogP contribution in [0.3, 0.4) is 0 Å². The van der Waals surface area contributed by atoms with Crippen LogP contribution in [0.15, 0.2) is 0 Å². The van der Waals surface area contributed by atoms with Crippen LogP contribution in [0.25, 0.3) is 0 Å². The predicted octanol–water partition coefficient (Wildman–Crippen LogP) is 0.314. The molecule has 0 aromatic heterocycles. The lowest BCUT2D eigenvalue weighted by Crippen LogP contribution is -2.65. The highest BCUT2D eigenvalue weighted by molar-refractivity contribution is 5.79. The molecule has 3 aliphatic rings. The average Bonchev–Trinajstić information content (AvgIpc) is 2.63. The second-order valence-electron chi connectivity index (χ2n) is 6.59. The van der Waals surface area contributed by atoms with E-state index in [9.17, 15) is 9.90 Å². The fourth-order valence-electron chi connectivity index (χ4n) is 4.25. The second-order valence-corrected chi connectivity index (χ2v) is 6.59. The van der Waals surface area contributed by atoms with Gasteiger partial charge in [0.2, 0.25) is 0 Å². The molecule has 1 N–H and O–H groups in total. The predicted molar refractivity (Wildman–Crippen MR) is 73.2 cm³/mol. The Labute approximate surface area is 115 Å². The maximum atomic E-state index is 12.0. The molecule has 3 rings (SSSR count). The van der Waals surface area contributed by atoms with Crippen LogP contribution in [0.4, 0.5) is 0 Å². The van der Waals surface area contributed by atoms with Crippen molar-refractivity contribution in [3.63, 3.8) is 0 Å². The van der Waals surface area contributed by atoms with Crippen LogP contribution in [0.5, 0.6) is 0 Å². The van der Waals surface area contributed by atoms with Gasteiger partial charge in [-0.2, -0.15) is 0 Å². The lowest BCUT2D eigenvalue weighted by atomic mass is 9.81. The Hall–Kier alpha value is -0.650. The number of hydrogen-bond acceptors (Lipinski definition) is 4. The minimum absolute atomic E-state index is 0.467. The molecule has 2 bridgehead atoms. The molecule has 5 nitrogen and oxygen atoms in total. The number of likely N-dealkylation sites (N-methyl/N-ethyl adjacent to an activating group) is 1. The van der Waals surface area contributed by atoms with E-state index in [4.69, 9.17) is 0 Å². The van der Waals surface area contributed by atoms with Crippen LogP contribution in [0, 0.1) is 0 Å². The summed E-state index contributed by atoms with van der Waals surface area (Å²) in [4.78, 5) is 19.0. The second kappa shape index (κ2) is 4.72. The van der Waals surface area contributed by atoms with Gasteiger partial charge in [0.25, 0.3) is 0 Å². The highest BCUT2D eigenvalue weighted by Gasteiger charge is 2.54. The van der Waals surface area contributed by atoms with Crippen LogP contribution < -0.4 is 0 Å². The molecule has 2 atom stereocenters. The lowest BCUT2D eigenvalue weighted by Gasteiger charge is -2.50. The van der Waals surface area contributed by atoms with Gasteiger partial charge in [0.1, 0.15) is 5.54 Å². The van der Waals surface area contributed by atoms with E-state index in [1.54, 1.807) is 0 Å². The van der Waals surface area contributed by atoms with E-state index in [0.717, 1.165) is 39.0 Å². The molecule has 0 aromatic rings. The standard InChI is InChI=1S/C14H25N3O2/c1-15-5-7-17(8-6-15)14(13(18)19)9-11-3-4-12(10-14)16(11)2/h11-12H,3-10H2,1-2H3,(H,18,19). The smallest absolute Gasteiger partial charge is 0.324 e.